The molecule has 0 aromatic heterocycles. The second-order valence-electron chi connectivity index (χ2n) is 2.49. The van der Waals surface area contributed by atoms with Crippen LogP contribution in [0.5, 0.6) is 0 Å². The Morgan fingerprint density at radius 3 is 2.54 bits per heavy atom. The van der Waals surface area contributed by atoms with Gasteiger partial charge < -0.3 is 10.2 Å². The fourth-order valence-electron chi connectivity index (χ4n) is 0.821. The number of aliphatic hydroxyl groups is 1. The van der Waals surface area contributed by atoms with Crippen molar-refractivity contribution >= 4 is 17.7 Å². The van der Waals surface area contributed by atoms with Crippen molar-refractivity contribution in [2.24, 2.45) is 0 Å². The minimum absolute atomic E-state index is 0.508. The third-order valence-electron chi connectivity index (χ3n) is 1.46. The van der Waals surface area contributed by atoms with Crippen molar-refractivity contribution in [3.63, 3.8) is 0 Å². The summed E-state index contributed by atoms with van der Waals surface area (Å²) >= 11 is 0.994. The van der Waals surface area contributed by atoms with E-state index in [1.54, 1.807) is 0 Å². The molecule has 1 atom stereocenters. The maximum Gasteiger partial charge on any atom is 0.343 e. The Kier molecular flexibility index (Phi) is 3.79. The molecule has 0 amide bonds. The highest BCUT2D eigenvalue weighted by Gasteiger charge is 2.12. The molecule has 0 aliphatic rings. The Bertz CT molecular complexity index is 273. The number of carboxylic acid groups (broad SMARTS) is 1. The van der Waals surface area contributed by atoms with Crippen molar-refractivity contribution in [2.75, 3.05) is 0 Å². The molecule has 0 radical (unpaired) electrons. The van der Waals surface area contributed by atoms with E-state index < -0.39 is 11.4 Å². The van der Waals surface area contributed by atoms with Gasteiger partial charge in [-0.15, -0.1) is 11.8 Å². The largest absolute Gasteiger partial charge is 0.479 e. The van der Waals surface area contributed by atoms with E-state index in [0.717, 1.165) is 17.3 Å². The lowest BCUT2D eigenvalue weighted by atomic mass is 10.2. The van der Waals surface area contributed by atoms with Crippen LogP contribution in [0.1, 0.15) is 5.56 Å². The topological polar surface area (TPSA) is 57.5 Å². The Labute approximate surface area is 80.4 Å². The SMILES string of the molecule is O=C(O)C(O)SCc1ccccc1. The number of hydrogen-bond acceptors (Lipinski definition) is 3. The average molecular weight is 198 g/mol. The lowest BCUT2D eigenvalue weighted by Crippen LogP contribution is -2.14. The van der Waals surface area contributed by atoms with Crippen molar-refractivity contribution in [3.8, 4) is 0 Å². The Morgan fingerprint density at radius 2 is 2.00 bits per heavy atom. The first-order valence-corrected chi connectivity index (χ1v) is 4.81. The van der Waals surface area contributed by atoms with Crippen LogP contribution in [0.3, 0.4) is 0 Å². The number of thioether (sulfide) groups is 1. The van der Waals surface area contributed by atoms with E-state index in [1.807, 2.05) is 30.3 Å². The third-order valence-corrected chi connectivity index (χ3v) is 2.48. The van der Waals surface area contributed by atoms with Crippen LogP contribution >= 0.6 is 11.8 Å². The number of benzene rings is 1. The van der Waals surface area contributed by atoms with E-state index >= 15 is 0 Å². The maximum atomic E-state index is 10.2. The molecule has 70 valence electrons. The van der Waals surface area contributed by atoms with E-state index in [9.17, 15) is 4.79 Å². The van der Waals surface area contributed by atoms with Gasteiger partial charge in [0.05, 0.1) is 0 Å². The zero-order valence-electron chi connectivity index (χ0n) is 6.88. The average Bonchev–Trinajstić information content (AvgIpc) is 2.15. The second-order valence-corrected chi connectivity index (χ2v) is 3.56. The van der Waals surface area contributed by atoms with Crippen molar-refractivity contribution in [2.45, 2.75) is 11.2 Å². The fourth-order valence-corrected chi connectivity index (χ4v) is 1.51. The van der Waals surface area contributed by atoms with Gasteiger partial charge in [-0.3, -0.25) is 0 Å². The molecule has 0 fully saturated rings. The van der Waals surface area contributed by atoms with Crippen LogP contribution in [0.15, 0.2) is 30.3 Å². The summed E-state index contributed by atoms with van der Waals surface area (Å²) in [5.74, 6) is -0.685. The number of hydrogen-bond donors (Lipinski definition) is 2. The summed E-state index contributed by atoms with van der Waals surface area (Å²) in [6.45, 7) is 0. The minimum Gasteiger partial charge on any atom is -0.479 e. The Balaban J connectivity index is 2.39. The lowest BCUT2D eigenvalue weighted by molar-refractivity contribution is -0.141. The second kappa shape index (κ2) is 4.89. The van der Waals surface area contributed by atoms with Gasteiger partial charge >= 0.3 is 5.97 Å². The van der Waals surface area contributed by atoms with E-state index in [0.29, 0.717) is 5.75 Å². The molecule has 0 heterocycles. The summed E-state index contributed by atoms with van der Waals surface area (Å²) < 4.78 is 0. The molecule has 13 heavy (non-hydrogen) atoms. The summed E-state index contributed by atoms with van der Waals surface area (Å²) in [4.78, 5) is 10.2. The van der Waals surface area contributed by atoms with E-state index in [1.165, 1.54) is 0 Å². The molecular formula is C9H10O3S. The molecule has 0 aliphatic carbocycles. The van der Waals surface area contributed by atoms with Crippen LogP contribution in [-0.4, -0.2) is 21.6 Å². The molecule has 0 spiro atoms. The van der Waals surface area contributed by atoms with Gasteiger partial charge in [0.2, 0.25) is 0 Å². The minimum atomic E-state index is -1.33. The van der Waals surface area contributed by atoms with Crippen LogP contribution < -0.4 is 0 Å². The zero-order valence-corrected chi connectivity index (χ0v) is 7.70. The van der Waals surface area contributed by atoms with Crippen molar-refractivity contribution in [1.29, 1.82) is 0 Å². The highest BCUT2D eigenvalue weighted by Crippen LogP contribution is 2.15. The lowest BCUT2D eigenvalue weighted by Gasteiger charge is -2.04. The number of carboxylic acids is 1. The predicted octanol–water partition coefficient (Wildman–Crippen LogP) is 1.32. The molecule has 0 bridgehead atoms. The van der Waals surface area contributed by atoms with Gasteiger partial charge in [0.25, 0.3) is 0 Å². The molecule has 0 saturated carbocycles. The first kappa shape index (κ1) is 10.1. The molecule has 1 aromatic carbocycles. The van der Waals surface area contributed by atoms with E-state index in [-0.39, 0.29) is 0 Å². The van der Waals surface area contributed by atoms with E-state index in [2.05, 4.69) is 0 Å². The molecule has 1 unspecified atom stereocenters. The van der Waals surface area contributed by atoms with Crippen LogP contribution in [0, 0.1) is 0 Å². The summed E-state index contributed by atoms with van der Waals surface area (Å²) in [5, 5.41) is 17.3. The Hall–Kier alpha value is -1.00. The van der Waals surface area contributed by atoms with Gasteiger partial charge in [0, 0.05) is 5.75 Å². The van der Waals surface area contributed by atoms with Crippen molar-refractivity contribution < 1.29 is 15.0 Å². The number of aliphatic carboxylic acids is 1. The molecule has 0 saturated heterocycles. The van der Waals surface area contributed by atoms with Crippen LogP contribution in [0.25, 0.3) is 0 Å². The van der Waals surface area contributed by atoms with Gasteiger partial charge in [-0.1, -0.05) is 30.3 Å². The first-order valence-electron chi connectivity index (χ1n) is 3.76. The summed E-state index contributed by atoms with van der Waals surface area (Å²) in [6.07, 6.45) is 0. The highest BCUT2D eigenvalue weighted by molar-refractivity contribution is 7.99. The molecule has 4 heteroatoms. The zero-order chi connectivity index (χ0) is 9.68. The highest BCUT2D eigenvalue weighted by atomic mass is 32.2. The fraction of sp³-hybridized carbons (Fsp3) is 0.222. The monoisotopic (exact) mass is 198 g/mol. The molecular weight excluding hydrogens is 188 g/mol. The molecule has 3 nitrogen and oxygen atoms in total. The van der Waals surface area contributed by atoms with Gasteiger partial charge in [0.1, 0.15) is 0 Å². The third kappa shape index (κ3) is 3.48. The Morgan fingerprint density at radius 1 is 1.38 bits per heavy atom. The molecule has 1 aromatic rings. The van der Waals surface area contributed by atoms with Gasteiger partial charge in [-0.25, -0.2) is 4.79 Å². The van der Waals surface area contributed by atoms with Gasteiger partial charge in [-0.05, 0) is 5.56 Å². The van der Waals surface area contributed by atoms with Crippen LogP contribution in [0.4, 0.5) is 0 Å². The normalized spacial score (nSPS) is 12.4. The quantitative estimate of drug-likeness (QED) is 0.716. The number of aliphatic hydroxyl groups excluding tert-OH is 1. The molecule has 2 N–H and O–H groups in total. The van der Waals surface area contributed by atoms with Gasteiger partial charge in [-0.2, -0.15) is 0 Å². The summed E-state index contributed by atoms with van der Waals surface area (Å²) in [6, 6.07) is 9.43. The number of carbonyl (C=O) groups is 1. The molecule has 1 rings (SSSR count). The number of rotatable bonds is 4. The van der Waals surface area contributed by atoms with Crippen molar-refractivity contribution in [3.05, 3.63) is 35.9 Å². The molecule has 0 aliphatic heterocycles. The summed E-state index contributed by atoms with van der Waals surface area (Å²) in [7, 11) is 0. The van der Waals surface area contributed by atoms with Crippen molar-refractivity contribution in [1.82, 2.24) is 0 Å². The maximum absolute atomic E-state index is 10.2. The van der Waals surface area contributed by atoms with Gasteiger partial charge in [0.15, 0.2) is 5.44 Å². The van der Waals surface area contributed by atoms with E-state index in [4.69, 9.17) is 10.2 Å². The van der Waals surface area contributed by atoms with Crippen LogP contribution in [0.2, 0.25) is 0 Å². The predicted molar refractivity (Wildman–Crippen MR) is 51.4 cm³/mol. The smallest absolute Gasteiger partial charge is 0.343 e. The van der Waals surface area contributed by atoms with Crippen LogP contribution in [-0.2, 0) is 10.5 Å². The standard InChI is InChI=1S/C9H10O3S/c10-8(11)9(12)13-6-7-4-2-1-3-5-7/h1-5,9,12H,6H2,(H,10,11). The summed E-state index contributed by atoms with van der Waals surface area (Å²) in [5.41, 5.74) is -0.326. The first-order chi connectivity index (χ1) is 6.20.